The Bertz CT molecular complexity index is 290. The van der Waals surface area contributed by atoms with E-state index in [9.17, 15) is 4.79 Å². The molecule has 5 heteroatoms. The summed E-state index contributed by atoms with van der Waals surface area (Å²) < 4.78 is 0. The Labute approximate surface area is 75.0 Å². The third-order valence-electron chi connectivity index (χ3n) is 1.21. The Morgan fingerprint density at radius 3 is 3.08 bits per heavy atom. The molecule has 12 heavy (non-hydrogen) atoms. The molecular formula is C7H8ClN3O. The number of hydrogen-bond acceptors (Lipinski definition) is 3. The van der Waals surface area contributed by atoms with E-state index in [1.165, 1.54) is 6.20 Å². The van der Waals surface area contributed by atoms with Crippen LogP contribution in [-0.2, 0) is 4.79 Å². The number of anilines is 1. The van der Waals surface area contributed by atoms with Gasteiger partial charge in [0, 0.05) is 12.6 Å². The average molecular weight is 186 g/mol. The summed E-state index contributed by atoms with van der Waals surface area (Å²) in [6.45, 7) is 1.76. The van der Waals surface area contributed by atoms with Gasteiger partial charge in [0.1, 0.15) is 5.82 Å². The van der Waals surface area contributed by atoms with Gasteiger partial charge in [0.25, 0.3) is 0 Å². The molecule has 0 radical (unpaired) electrons. The lowest BCUT2D eigenvalue weighted by atomic mass is 10.4. The molecule has 0 atom stereocenters. The van der Waals surface area contributed by atoms with Gasteiger partial charge in [0.2, 0.25) is 11.2 Å². The number of aromatic nitrogens is 2. The van der Waals surface area contributed by atoms with Crippen LogP contribution in [0.5, 0.6) is 0 Å². The lowest BCUT2D eigenvalue weighted by Gasteiger charge is -2.00. The molecule has 0 aliphatic carbocycles. The molecule has 1 rings (SSSR count). The molecule has 0 aliphatic heterocycles. The summed E-state index contributed by atoms with van der Waals surface area (Å²) in [6, 6.07) is 1.58. The molecule has 1 amide bonds. The minimum Gasteiger partial charge on any atom is -0.311 e. The summed E-state index contributed by atoms with van der Waals surface area (Å²) in [4.78, 5) is 18.3. The summed E-state index contributed by atoms with van der Waals surface area (Å²) in [6.07, 6.45) is 1.90. The number of rotatable bonds is 2. The van der Waals surface area contributed by atoms with Crippen LogP contribution in [-0.4, -0.2) is 15.9 Å². The van der Waals surface area contributed by atoms with E-state index in [-0.39, 0.29) is 11.2 Å². The van der Waals surface area contributed by atoms with Crippen molar-refractivity contribution < 1.29 is 4.79 Å². The number of amides is 1. The minimum atomic E-state index is -0.0928. The maximum Gasteiger partial charge on any atom is 0.225 e. The van der Waals surface area contributed by atoms with E-state index < -0.39 is 0 Å². The van der Waals surface area contributed by atoms with Crippen molar-refractivity contribution in [2.45, 2.75) is 13.3 Å². The first-order valence-corrected chi connectivity index (χ1v) is 3.88. The SMILES string of the molecule is CCC(=O)Nc1ccnc(Cl)n1. The molecule has 64 valence electrons. The van der Waals surface area contributed by atoms with Crippen molar-refractivity contribution in [1.29, 1.82) is 0 Å². The molecule has 0 saturated heterocycles. The van der Waals surface area contributed by atoms with Gasteiger partial charge in [-0.1, -0.05) is 6.92 Å². The van der Waals surface area contributed by atoms with Gasteiger partial charge in [-0.05, 0) is 17.7 Å². The molecule has 0 spiro atoms. The van der Waals surface area contributed by atoms with E-state index in [2.05, 4.69) is 15.3 Å². The fourth-order valence-electron chi connectivity index (χ4n) is 0.636. The van der Waals surface area contributed by atoms with Gasteiger partial charge in [0.05, 0.1) is 0 Å². The smallest absolute Gasteiger partial charge is 0.225 e. The molecule has 0 saturated carbocycles. The highest BCUT2D eigenvalue weighted by atomic mass is 35.5. The van der Waals surface area contributed by atoms with Crippen LogP contribution in [0.2, 0.25) is 5.28 Å². The van der Waals surface area contributed by atoms with E-state index >= 15 is 0 Å². The van der Waals surface area contributed by atoms with Crippen molar-refractivity contribution in [2.24, 2.45) is 0 Å². The lowest BCUT2D eigenvalue weighted by Crippen LogP contribution is -2.10. The van der Waals surface area contributed by atoms with Gasteiger partial charge in [-0.25, -0.2) is 9.97 Å². The van der Waals surface area contributed by atoms with Crippen LogP contribution in [0.4, 0.5) is 5.82 Å². The van der Waals surface area contributed by atoms with Crippen LogP contribution in [0.3, 0.4) is 0 Å². The Kier molecular flexibility index (Phi) is 2.99. The minimum absolute atomic E-state index is 0.0928. The first kappa shape index (κ1) is 8.93. The number of carbonyl (C=O) groups excluding carboxylic acids is 1. The molecule has 1 aromatic heterocycles. The summed E-state index contributed by atoms with van der Waals surface area (Å²) in [5.41, 5.74) is 0. The second-order valence-electron chi connectivity index (χ2n) is 2.11. The topological polar surface area (TPSA) is 54.9 Å². The quantitative estimate of drug-likeness (QED) is 0.711. The number of halogens is 1. The summed E-state index contributed by atoms with van der Waals surface area (Å²) in [5.74, 6) is 0.339. The van der Waals surface area contributed by atoms with E-state index in [1.54, 1.807) is 13.0 Å². The van der Waals surface area contributed by atoms with Crippen molar-refractivity contribution in [2.75, 3.05) is 5.32 Å². The fraction of sp³-hybridized carbons (Fsp3) is 0.286. The van der Waals surface area contributed by atoms with Crippen LogP contribution in [0.15, 0.2) is 12.3 Å². The monoisotopic (exact) mass is 185 g/mol. The van der Waals surface area contributed by atoms with Gasteiger partial charge >= 0.3 is 0 Å². The molecule has 0 fully saturated rings. The zero-order valence-electron chi connectivity index (χ0n) is 6.54. The van der Waals surface area contributed by atoms with Crippen molar-refractivity contribution in [3.05, 3.63) is 17.5 Å². The average Bonchev–Trinajstić information content (AvgIpc) is 2.04. The number of nitrogens with zero attached hydrogens (tertiary/aromatic N) is 2. The molecule has 0 bridgehead atoms. The first-order chi connectivity index (χ1) is 5.72. The predicted molar refractivity (Wildman–Crippen MR) is 46.0 cm³/mol. The second-order valence-corrected chi connectivity index (χ2v) is 2.45. The lowest BCUT2D eigenvalue weighted by molar-refractivity contribution is -0.115. The predicted octanol–water partition coefficient (Wildman–Crippen LogP) is 1.48. The third-order valence-corrected chi connectivity index (χ3v) is 1.40. The Morgan fingerprint density at radius 2 is 2.50 bits per heavy atom. The van der Waals surface area contributed by atoms with Crippen LogP contribution < -0.4 is 5.32 Å². The maximum absolute atomic E-state index is 10.9. The highest BCUT2D eigenvalue weighted by molar-refractivity contribution is 6.28. The van der Waals surface area contributed by atoms with E-state index in [4.69, 9.17) is 11.6 Å². The van der Waals surface area contributed by atoms with Gasteiger partial charge < -0.3 is 5.32 Å². The molecule has 1 heterocycles. The largest absolute Gasteiger partial charge is 0.311 e. The van der Waals surface area contributed by atoms with Gasteiger partial charge in [-0.2, -0.15) is 0 Å². The van der Waals surface area contributed by atoms with Crippen LogP contribution in [0.1, 0.15) is 13.3 Å². The van der Waals surface area contributed by atoms with Crippen molar-refractivity contribution in [3.8, 4) is 0 Å². The summed E-state index contributed by atoms with van der Waals surface area (Å²) >= 11 is 5.50. The second kappa shape index (κ2) is 4.01. The highest BCUT2D eigenvalue weighted by Crippen LogP contribution is 2.05. The van der Waals surface area contributed by atoms with Crippen LogP contribution >= 0.6 is 11.6 Å². The standard InChI is InChI=1S/C7H8ClN3O/c1-2-6(12)10-5-3-4-9-7(8)11-5/h3-4H,2H2,1H3,(H,9,10,11,12). The molecule has 1 aromatic rings. The van der Waals surface area contributed by atoms with Crippen molar-refractivity contribution >= 4 is 23.3 Å². The van der Waals surface area contributed by atoms with Crippen LogP contribution in [0.25, 0.3) is 0 Å². The van der Waals surface area contributed by atoms with E-state index in [0.717, 1.165) is 0 Å². The zero-order valence-corrected chi connectivity index (χ0v) is 7.30. The van der Waals surface area contributed by atoms with E-state index in [1.807, 2.05) is 0 Å². The molecule has 4 nitrogen and oxygen atoms in total. The normalized spacial score (nSPS) is 9.50. The molecular weight excluding hydrogens is 178 g/mol. The van der Waals surface area contributed by atoms with Gasteiger partial charge in [-0.15, -0.1) is 0 Å². The number of nitrogens with one attached hydrogen (secondary N) is 1. The van der Waals surface area contributed by atoms with Crippen molar-refractivity contribution in [3.63, 3.8) is 0 Å². The highest BCUT2D eigenvalue weighted by Gasteiger charge is 1.99. The fourth-order valence-corrected chi connectivity index (χ4v) is 0.783. The molecule has 0 unspecified atom stereocenters. The Morgan fingerprint density at radius 1 is 1.75 bits per heavy atom. The first-order valence-electron chi connectivity index (χ1n) is 3.50. The number of hydrogen-bond donors (Lipinski definition) is 1. The summed E-state index contributed by atoms with van der Waals surface area (Å²) in [7, 11) is 0. The van der Waals surface area contributed by atoms with Crippen LogP contribution in [0, 0.1) is 0 Å². The zero-order chi connectivity index (χ0) is 8.97. The van der Waals surface area contributed by atoms with E-state index in [0.29, 0.717) is 12.2 Å². The summed E-state index contributed by atoms with van der Waals surface area (Å²) in [5, 5.41) is 2.69. The Hall–Kier alpha value is -1.16. The molecule has 1 N–H and O–H groups in total. The molecule has 0 aliphatic rings. The third kappa shape index (κ3) is 2.47. The molecule has 0 aromatic carbocycles. The van der Waals surface area contributed by atoms with Crippen molar-refractivity contribution in [1.82, 2.24) is 9.97 Å². The maximum atomic E-state index is 10.9. The van der Waals surface area contributed by atoms with Gasteiger partial charge in [0.15, 0.2) is 0 Å². The Balaban J connectivity index is 2.69. The van der Waals surface area contributed by atoms with Gasteiger partial charge in [-0.3, -0.25) is 4.79 Å². The number of carbonyl (C=O) groups is 1.